The Morgan fingerprint density at radius 1 is 1.07 bits per heavy atom. The molecule has 1 heterocycles. The molecule has 2 unspecified atom stereocenters. The number of carbonyl (C=O) groups is 1. The van der Waals surface area contributed by atoms with Crippen LogP contribution < -0.4 is 5.32 Å². The second kappa shape index (κ2) is 7.94. The lowest BCUT2D eigenvalue weighted by Gasteiger charge is -2.34. The van der Waals surface area contributed by atoms with Gasteiger partial charge in [0.05, 0.1) is 17.1 Å². The van der Waals surface area contributed by atoms with Gasteiger partial charge in [0, 0.05) is 18.7 Å². The Labute approximate surface area is 162 Å². The topological polar surface area (TPSA) is 75.7 Å². The maximum atomic E-state index is 13.7. The molecular weight excluding hydrogens is 390 g/mol. The first-order chi connectivity index (χ1) is 13.2. The smallest absolute Gasteiger partial charge is 0.255 e. The van der Waals surface area contributed by atoms with Crippen molar-refractivity contribution in [2.45, 2.75) is 31.0 Å². The monoisotopic (exact) mass is 410 g/mol. The first-order valence-electron chi connectivity index (χ1n) is 8.69. The summed E-state index contributed by atoms with van der Waals surface area (Å²) < 4.78 is 60.2. The van der Waals surface area contributed by atoms with Gasteiger partial charge < -0.3 is 10.1 Å². The number of halogens is 2. The Hall–Kier alpha value is -2.36. The fraction of sp³-hybridized carbons (Fsp3) is 0.316. The van der Waals surface area contributed by atoms with E-state index in [2.05, 4.69) is 5.32 Å². The Bertz CT molecular complexity index is 967. The molecule has 1 amide bonds. The molecule has 6 nitrogen and oxygen atoms in total. The van der Waals surface area contributed by atoms with E-state index in [-0.39, 0.29) is 35.8 Å². The summed E-state index contributed by atoms with van der Waals surface area (Å²) in [6, 6.07) is 8.55. The molecule has 2 aromatic rings. The van der Waals surface area contributed by atoms with E-state index in [1.165, 1.54) is 34.6 Å². The van der Waals surface area contributed by atoms with E-state index in [4.69, 9.17) is 4.74 Å². The Morgan fingerprint density at radius 3 is 2.25 bits per heavy atom. The summed E-state index contributed by atoms with van der Waals surface area (Å²) >= 11 is 0. The highest BCUT2D eigenvalue weighted by Crippen LogP contribution is 2.23. The molecule has 3 rings (SSSR count). The zero-order valence-electron chi connectivity index (χ0n) is 15.4. The summed E-state index contributed by atoms with van der Waals surface area (Å²) in [5.41, 5.74) is -0.616. The summed E-state index contributed by atoms with van der Waals surface area (Å²) in [5.74, 6) is -2.66. The fourth-order valence-electron chi connectivity index (χ4n) is 3.08. The van der Waals surface area contributed by atoms with Gasteiger partial charge in [-0.15, -0.1) is 0 Å². The number of nitrogens with zero attached hydrogens (tertiary/aromatic N) is 1. The summed E-state index contributed by atoms with van der Waals surface area (Å²) in [4.78, 5) is 12.3. The molecule has 0 saturated carbocycles. The fourth-order valence-corrected chi connectivity index (χ4v) is 4.71. The Kier molecular flexibility index (Phi) is 5.78. The number of carbonyl (C=O) groups excluding carboxylic acids is 1. The maximum absolute atomic E-state index is 13.7. The largest absolute Gasteiger partial charge is 0.373 e. The van der Waals surface area contributed by atoms with Crippen LogP contribution in [0, 0.1) is 11.6 Å². The third kappa shape index (κ3) is 4.21. The van der Waals surface area contributed by atoms with Gasteiger partial charge in [-0.2, -0.15) is 4.31 Å². The number of hydrogen-bond acceptors (Lipinski definition) is 4. The molecule has 0 aromatic heterocycles. The quantitative estimate of drug-likeness (QED) is 0.841. The lowest BCUT2D eigenvalue weighted by atomic mass is 10.2. The predicted octanol–water partition coefficient (Wildman–Crippen LogP) is 3.02. The van der Waals surface area contributed by atoms with Crippen LogP contribution in [0.5, 0.6) is 0 Å². The summed E-state index contributed by atoms with van der Waals surface area (Å²) in [7, 11) is -3.85. The zero-order chi connectivity index (χ0) is 20.5. The number of para-hydroxylation sites is 1. The molecule has 1 saturated heterocycles. The number of ether oxygens (including phenoxy) is 1. The molecule has 0 radical (unpaired) electrons. The van der Waals surface area contributed by atoms with Crippen molar-refractivity contribution in [1.29, 1.82) is 0 Å². The molecule has 0 bridgehead atoms. The number of anilines is 1. The number of morpholine rings is 1. The van der Waals surface area contributed by atoms with Crippen LogP contribution in [-0.4, -0.2) is 43.9 Å². The highest BCUT2D eigenvalue weighted by molar-refractivity contribution is 7.89. The average molecular weight is 410 g/mol. The number of amides is 1. The van der Waals surface area contributed by atoms with E-state index in [9.17, 15) is 22.0 Å². The molecule has 1 fully saturated rings. The number of sulfonamides is 1. The average Bonchev–Trinajstić information content (AvgIpc) is 2.64. The van der Waals surface area contributed by atoms with Crippen molar-refractivity contribution in [3.05, 3.63) is 59.7 Å². The SMILES string of the molecule is CC1CN(S(=O)(=O)c2cccc(C(=O)Nc3c(F)cccc3F)c2)CC(C)O1. The molecule has 150 valence electrons. The van der Waals surface area contributed by atoms with Crippen molar-refractivity contribution >= 4 is 21.6 Å². The van der Waals surface area contributed by atoms with E-state index < -0.39 is 33.3 Å². The van der Waals surface area contributed by atoms with Gasteiger partial charge in [-0.1, -0.05) is 12.1 Å². The van der Waals surface area contributed by atoms with Crippen molar-refractivity contribution in [3.8, 4) is 0 Å². The predicted molar refractivity (Wildman–Crippen MR) is 99.5 cm³/mol. The molecule has 1 N–H and O–H groups in total. The minimum absolute atomic E-state index is 0.0296. The van der Waals surface area contributed by atoms with E-state index >= 15 is 0 Å². The molecule has 28 heavy (non-hydrogen) atoms. The Balaban J connectivity index is 1.86. The molecule has 2 aromatic carbocycles. The van der Waals surface area contributed by atoms with Gasteiger partial charge in [0.15, 0.2) is 0 Å². The van der Waals surface area contributed by atoms with Crippen molar-refractivity contribution in [2.24, 2.45) is 0 Å². The van der Waals surface area contributed by atoms with Gasteiger partial charge in [-0.05, 0) is 44.2 Å². The number of hydrogen-bond donors (Lipinski definition) is 1. The van der Waals surface area contributed by atoms with Crippen LogP contribution in [0.1, 0.15) is 24.2 Å². The van der Waals surface area contributed by atoms with E-state index in [1.54, 1.807) is 13.8 Å². The van der Waals surface area contributed by atoms with Crippen LogP contribution in [0.15, 0.2) is 47.4 Å². The standard InChI is InChI=1S/C19H20F2N2O4S/c1-12-10-23(11-13(2)27-12)28(25,26)15-6-3-5-14(9-15)19(24)22-18-16(20)7-4-8-17(18)21/h3-9,12-13H,10-11H2,1-2H3,(H,22,24). The summed E-state index contributed by atoms with van der Waals surface area (Å²) in [5, 5.41) is 2.15. The lowest BCUT2D eigenvalue weighted by Crippen LogP contribution is -2.48. The zero-order valence-corrected chi connectivity index (χ0v) is 16.2. The van der Waals surface area contributed by atoms with Crippen LogP contribution in [0.3, 0.4) is 0 Å². The van der Waals surface area contributed by atoms with Crippen LogP contribution in [0.2, 0.25) is 0 Å². The van der Waals surface area contributed by atoms with E-state index in [0.717, 1.165) is 12.1 Å². The molecule has 0 aliphatic carbocycles. The normalized spacial score (nSPS) is 20.7. The minimum atomic E-state index is -3.85. The van der Waals surface area contributed by atoms with Crippen LogP contribution >= 0.6 is 0 Å². The van der Waals surface area contributed by atoms with Gasteiger partial charge >= 0.3 is 0 Å². The third-order valence-electron chi connectivity index (χ3n) is 4.32. The number of rotatable bonds is 4. The van der Waals surface area contributed by atoms with Gasteiger partial charge in [0.2, 0.25) is 10.0 Å². The first kappa shape index (κ1) is 20.4. The van der Waals surface area contributed by atoms with Crippen LogP contribution in [0.25, 0.3) is 0 Å². The molecule has 1 aliphatic rings. The molecule has 1 aliphatic heterocycles. The van der Waals surface area contributed by atoms with Crippen molar-refractivity contribution < 1.29 is 26.7 Å². The van der Waals surface area contributed by atoms with Crippen LogP contribution in [0.4, 0.5) is 14.5 Å². The Morgan fingerprint density at radius 2 is 1.64 bits per heavy atom. The highest BCUT2D eigenvalue weighted by atomic mass is 32.2. The lowest BCUT2D eigenvalue weighted by molar-refractivity contribution is -0.0440. The van der Waals surface area contributed by atoms with Gasteiger partial charge in [-0.3, -0.25) is 4.79 Å². The van der Waals surface area contributed by atoms with Crippen molar-refractivity contribution in [3.63, 3.8) is 0 Å². The second-order valence-electron chi connectivity index (χ2n) is 6.66. The summed E-state index contributed by atoms with van der Waals surface area (Å²) in [6.45, 7) is 3.96. The molecule has 2 atom stereocenters. The third-order valence-corrected chi connectivity index (χ3v) is 6.15. The molecular formula is C19H20F2N2O4S. The summed E-state index contributed by atoms with van der Waals surface area (Å²) in [6.07, 6.45) is -0.511. The van der Waals surface area contributed by atoms with Crippen LogP contribution in [-0.2, 0) is 14.8 Å². The maximum Gasteiger partial charge on any atom is 0.255 e. The molecule has 9 heteroatoms. The first-order valence-corrected chi connectivity index (χ1v) is 10.1. The van der Waals surface area contributed by atoms with Gasteiger partial charge in [0.25, 0.3) is 5.91 Å². The van der Waals surface area contributed by atoms with Crippen molar-refractivity contribution in [1.82, 2.24) is 4.31 Å². The van der Waals surface area contributed by atoms with E-state index in [1.807, 2.05) is 0 Å². The number of benzene rings is 2. The minimum Gasteiger partial charge on any atom is -0.373 e. The van der Waals surface area contributed by atoms with Gasteiger partial charge in [0.1, 0.15) is 17.3 Å². The van der Waals surface area contributed by atoms with Gasteiger partial charge in [-0.25, -0.2) is 17.2 Å². The molecule has 0 spiro atoms. The highest BCUT2D eigenvalue weighted by Gasteiger charge is 2.32. The van der Waals surface area contributed by atoms with E-state index in [0.29, 0.717) is 0 Å². The number of nitrogens with one attached hydrogen (secondary N) is 1. The second-order valence-corrected chi connectivity index (χ2v) is 8.60. The van der Waals surface area contributed by atoms with Crippen molar-refractivity contribution in [2.75, 3.05) is 18.4 Å².